The number of likely N-dealkylation sites (tertiary alicyclic amines) is 1. The lowest BCUT2D eigenvalue weighted by molar-refractivity contribution is -0.150. The van der Waals surface area contributed by atoms with Crippen LogP contribution in [0.25, 0.3) is 0 Å². The van der Waals surface area contributed by atoms with Gasteiger partial charge in [-0.05, 0) is 39.3 Å². The fraction of sp³-hybridized carbons (Fsp3) is 0.923. The van der Waals surface area contributed by atoms with Crippen LogP contribution in [0.3, 0.4) is 0 Å². The fourth-order valence-corrected chi connectivity index (χ4v) is 3.37. The zero-order chi connectivity index (χ0) is 12.6. The van der Waals surface area contributed by atoms with Crippen LogP contribution in [-0.2, 0) is 4.79 Å². The van der Waals surface area contributed by atoms with Crippen LogP contribution in [0.4, 0.5) is 0 Å². The number of aliphatic carboxylic acids is 1. The first-order valence-electron chi connectivity index (χ1n) is 6.79. The first-order valence-corrected chi connectivity index (χ1v) is 6.79. The molecule has 4 heteroatoms. The number of carbonyl (C=O) groups is 1. The molecule has 0 amide bonds. The number of hydrogen-bond acceptors (Lipinski definition) is 3. The van der Waals surface area contributed by atoms with E-state index < -0.39 is 11.5 Å². The van der Waals surface area contributed by atoms with Gasteiger partial charge in [0.15, 0.2) is 0 Å². The van der Waals surface area contributed by atoms with Crippen molar-refractivity contribution in [3.05, 3.63) is 0 Å². The maximum absolute atomic E-state index is 11.7. The first-order chi connectivity index (χ1) is 8.05. The average Bonchev–Trinajstić information content (AvgIpc) is 3.05. The molecular formula is C13H24N2O2. The summed E-state index contributed by atoms with van der Waals surface area (Å²) in [5, 5.41) is 9.67. The van der Waals surface area contributed by atoms with Crippen molar-refractivity contribution in [3.8, 4) is 0 Å². The Morgan fingerprint density at radius 2 is 2.00 bits per heavy atom. The zero-order valence-corrected chi connectivity index (χ0v) is 11.1. The summed E-state index contributed by atoms with van der Waals surface area (Å²) in [7, 11) is 0. The molecule has 0 bridgehead atoms. The van der Waals surface area contributed by atoms with Crippen molar-refractivity contribution in [1.29, 1.82) is 0 Å². The Morgan fingerprint density at radius 3 is 2.41 bits per heavy atom. The summed E-state index contributed by atoms with van der Waals surface area (Å²) in [6.07, 6.45) is 3.26. The van der Waals surface area contributed by atoms with Gasteiger partial charge < -0.3 is 5.11 Å². The van der Waals surface area contributed by atoms with Gasteiger partial charge in [-0.2, -0.15) is 0 Å². The predicted molar refractivity (Wildman–Crippen MR) is 67.1 cm³/mol. The second kappa shape index (κ2) is 4.58. The molecule has 0 aromatic rings. The molecule has 98 valence electrons. The Balaban J connectivity index is 2.21. The molecule has 1 aliphatic carbocycles. The van der Waals surface area contributed by atoms with E-state index in [1.54, 1.807) is 0 Å². The van der Waals surface area contributed by atoms with Gasteiger partial charge >= 0.3 is 5.97 Å². The van der Waals surface area contributed by atoms with Gasteiger partial charge in [-0.3, -0.25) is 14.6 Å². The highest BCUT2D eigenvalue weighted by atomic mass is 16.4. The largest absolute Gasteiger partial charge is 0.480 e. The molecule has 1 aliphatic heterocycles. The van der Waals surface area contributed by atoms with Crippen molar-refractivity contribution in [2.24, 2.45) is 0 Å². The SMILES string of the molecule is CCN(CC)C1(C(=O)O)CC(C)N(C2CC2)C1. The number of likely N-dealkylation sites (N-methyl/N-ethyl adjacent to an activating group) is 1. The van der Waals surface area contributed by atoms with Crippen LogP contribution >= 0.6 is 0 Å². The van der Waals surface area contributed by atoms with Gasteiger partial charge in [0.25, 0.3) is 0 Å². The van der Waals surface area contributed by atoms with Crippen molar-refractivity contribution in [2.75, 3.05) is 19.6 Å². The quantitative estimate of drug-likeness (QED) is 0.789. The third-order valence-corrected chi connectivity index (χ3v) is 4.43. The molecule has 1 saturated carbocycles. The Kier molecular flexibility index (Phi) is 3.46. The Bertz CT molecular complexity index is 300. The lowest BCUT2D eigenvalue weighted by atomic mass is 9.94. The predicted octanol–water partition coefficient (Wildman–Crippen LogP) is 1.41. The van der Waals surface area contributed by atoms with Gasteiger partial charge in [-0.1, -0.05) is 13.8 Å². The smallest absolute Gasteiger partial charge is 0.325 e. The monoisotopic (exact) mass is 240 g/mol. The minimum absolute atomic E-state index is 0.402. The summed E-state index contributed by atoms with van der Waals surface area (Å²) in [4.78, 5) is 16.3. The lowest BCUT2D eigenvalue weighted by Gasteiger charge is -2.36. The highest BCUT2D eigenvalue weighted by Crippen LogP contribution is 2.39. The lowest BCUT2D eigenvalue weighted by Crippen LogP contribution is -2.56. The second-order valence-electron chi connectivity index (χ2n) is 5.47. The Hall–Kier alpha value is -0.610. The summed E-state index contributed by atoms with van der Waals surface area (Å²) in [5.74, 6) is -0.642. The molecule has 0 spiro atoms. The molecule has 1 saturated heterocycles. The normalized spacial score (nSPS) is 34.5. The van der Waals surface area contributed by atoms with E-state index in [1.807, 2.05) is 0 Å². The third kappa shape index (κ3) is 2.08. The number of carboxylic acid groups (broad SMARTS) is 1. The number of nitrogens with zero attached hydrogens (tertiary/aromatic N) is 2. The molecule has 2 unspecified atom stereocenters. The maximum Gasteiger partial charge on any atom is 0.325 e. The minimum Gasteiger partial charge on any atom is -0.480 e. The van der Waals surface area contributed by atoms with E-state index in [2.05, 4.69) is 30.6 Å². The molecular weight excluding hydrogens is 216 g/mol. The molecule has 0 aromatic carbocycles. The summed E-state index contributed by atoms with van der Waals surface area (Å²) < 4.78 is 0. The number of hydrogen-bond donors (Lipinski definition) is 1. The molecule has 1 heterocycles. The van der Waals surface area contributed by atoms with Crippen LogP contribution in [0.5, 0.6) is 0 Å². The molecule has 4 nitrogen and oxygen atoms in total. The van der Waals surface area contributed by atoms with Crippen molar-refractivity contribution in [3.63, 3.8) is 0 Å². The molecule has 0 aromatic heterocycles. The van der Waals surface area contributed by atoms with Gasteiger partial charge in [0, 0.05) is 18.6 Å². The van der Waals surface area contributed by atoms with Crippen LogP contribution < -0.4 is 0 Å². The Morgan fingerprint density at radius 1 is 1.41 bits per heavy atom. The highest BCUT2D eigenvalue weighted by Gasteiger charge is 2.53. The number of rotatable bonds is 5. The van der Waals surface area contributed by atoms with Crippen LogP contribution in [0.15, 0.2) is 0 Å². The molecule has 1 N–H and O–H groups in total. The van der Waals surface area contributed by atoms with Gasteiger partial charge in [0.1, 0.15) is 5.54 Å². The van der Waals surface area contributed by atoms with E-state index in [-0.39, 0.29) is 0 Å². The van der Waals surface area contributed by atoms with E-state index in [4.69, 9.17) is 0 Å². The van der Waals surface area contributed by atoms with E-state index in [0.29, 0.717) is 18.6 Å². The second-order valence-corrected chi connectivity index (χ2v) is 5.47. The summed E-state index contributed by atoms with van der Waals surface area (Å²) in [5.41, 5.74) is -0.647. The average molecular weight is 240 g/mol. The highest BCUT2D eigenvalue weighted by molar-refractivity contribution is 5.80. The van der Waals surface area contributed by atoms with Gasteiger partial charge in [-0.15, -0.1) is 0 Å². The van der Waals surface area contributed by atoms with E-state index >= 15 is 0 Å². The van der Waals surface area contributed by atoms with Crippen LogP contribution in [0.1, 0.15) is 40.0 Å². The van der Waals surface area contributed by atoms with Crippen LogP contribution in [0, 0.1) is 0 Å². The van der Waals surface area contributed by atoms with Crippen molar-refractivity contribution < 1.29 is 9.90 Å². The van der Waals surface area contributed by atoms with Gasteiger partial charge in [-0.25, -0.2) is 0 Å². The van der Waals surface area contributed by atoms with Crippen LogP contribution in [0.2, 0.25) is 0 Å². The minimum atomic E-state index is -0.647. The summed E-state index contributed by atoms with van der Waals surface area (Å²) >= 11 is 0. The molecule has 2 rings (SSSR count). The summed E-state index contributed by atoms with van der Waals surface area (Å²) in [6, 6.07) is 1.06. The molecule has 0 radical (unpaired) electrons. The van der Waals surface area contributed by atoms with E-state index in [9.17, 15) is 9.90 Å². The van der Waals surface area contributed by atoms with Crippen molar-refractivity contribution in [2.45, 2.75) is 57.7 Å². The van der Waals surface area contributed by atoms with Gasteiger partial charge in [0.2, 0.25) is 0 Å². The fourth-order valence-electron chi connectivity index (χ4n) is 3.37. The third-order valence-electron chi connectivity index (χ3n) is 4.43. The molecule has 2 atom stereocenters. The van der Waals surface area contributed by atoms with Gasteiger partial charge in [0.05, 0.1) is 0 Å². The maximum atomic E-state index is 11.7. The van der Waals surface area contributed by atoms with Crippen molar-refractivity contribution >= 4 is 5.97 Å². The van der Waals surface area contributed by atoms with Crippen molar-refractivity contribution in [1.82, 2.24) is 9.80 Å². The molecule has 2 aliphatic rings. The van der Waals surface area contributed by atoms with E-state index in [0.717, 1.165) is 19.5 Å². The molecule has 2 fully saturated rings. The zero-order valence-electron chi connectivity index (χ0n) is 11.1. The molecule has 17 heavy (non-hydrogen) atoms. The Labute approximate surface area is 104 Å². The van der Waals surface area contributed by atoms with Crippen LogP contribution in [-0.4, -0.2) is 58.1 Å². The number of carboxylic acids is 1. The standard InChI is InChI=1S/C13H24N2O2/c1-4-14(5-2)13(12(16)17)8-10(3)15(9-13)11-6-7-11/h10-11H,4-9H2,1-3H3,(H,16,17). The first kappa shape index (κ1) is 12.8. The topological polar surface area (TPSA) is 43.8 Å². The summed E-state index contributed by atoms with van der Waals surface area (Å²) in [6.45, 7) is 8.61. The van der Waals surface area contributed by atoms with E-state index in [1.165, 1.54) is 12.8 Å².